The van der Waals surface area contributed by atoms with Crippen molar-refractivity contribution in [2.24, 2.45) is 11.8 Å². The summed E-state index contributed by atoms with van der Waals surface area (Å²) >= 11 is 0. The zero-order valence-electron chi connectivity index (χ0n) is 12.6. The summed E-state index contributed by atoms with van der Waals surface area (Å²) in [6.07, 6.45) is 17.6. The first-order valence-corrected chi connectivity index (χ1v) is 8.53. The van der Waals surface area contributed by atoms with E-state index in [1.165, 1.54) is 69.8 Å². The topological polar surface area (TPSA) is 17.1 Å². The minimum absolute atomic E-state index is 0.378. The van der Waals surface area contributed by atoms with Crippen LogP contribution >= 0.6 is 0 Å². The van der Waals surface area contributed by atoms with E-state index in [1.54, 1.807) is 0 Å². The summed E-state index contributed by atoms with van der Waals surface area (Å²) < 4.78 is 0. The Morgan fingerprint density at radius 2 is 1.84 bits per heavy atom. The lowest BCUT2D eigenvalue weighted by atomic mass is 9.74. The smallest absolute Gasteiger partial charge is 0.155 e. The summed E-state index contributed by atoms with van der Waals surface area (Å²) in [5.74, 6) is 2.10. The molecule has 1 nitrogen and oxygen atoms in total. The van der Waals surface area contributed by atoms with E-state index in [0.29, 0.717) is 5.78 Å². The van der Waals surface area contributed by atoms with Gasteiger partial charge >= 0.3 is 0 Å². The van der Waals surface area contributed by atoms with Crippen molar-refractivity contribution in [1.82, 2.24) is 0 Å². The van der Waals surface area contributed by atoms with E-state index in [0.717, 1.165) is 24.7 Å². The molecule has 1 fully saturated rings. The Balaban J connectivity index is 1.69. The van der Waals surface area contributed by atoms with Crippen molar-refractivity contribution in [2.75, 3.05) is 0 Å². The van der Waals surface area contributed by atoms with Crippen molar-refractivity contribution in [3.8, 4) is 0 Å². The van der Waals surface area contributed by atoms with Crippen molar-refractivity contribution in [3.63, 3.8) is 0 Å². The van der Waals surface area contributed by atoms with E-state index in [2.05, 4.69) is 6.92 Å². The highest BCUT2D eigenvalue weighted by Crippen LogP contribution is 2.38. The highest BCUT2D eigenvalue weighted by Gasteiger charge is 2.25. The molecule has 1 saturated carbocycles. The maximum atomic E-state index is 11.5. The molecular weight excluding hydrogens is 232 g/mol. The summed E-state index contributed by atoms with van der Waals surface area (Å²) in [7, 11) is 0. The predicted octanol–water partition coefficient (Wildman–Crippen LogP) is 5.44. The van der Waals surface area contributed by atoms with Crippen LogP contribution in [0.5, 0.6) is 0 Å². The van der Waals surface area contributed by atoms with Crippen LogP contribution in [-0.2, 0) is 4.79 Å². The Hall–Kier alpha value is -0.590. The highest BCUT2D eigenvalue weighted by molar-refractivity contribution is 5.91. The molecule has 0 heterocycles. The number of hydrogen-bond acceptors (Lipinski definition) is 1. The largest absolute Gasteiger partial charge is 0.295 e. The SMILES string of the molecule is CCCCCC[C@H]1CC[C@H](C2=CC(=O)CCC2)CC1. The van der Waals surface area contributed by atoms with Crippen LogP contribution in [0.3, 0.4) is 0 Å². The summed E-state index contributed by atoms with van der Waals surface area (Å²) in [6, 6.07) is 0. The first-order valence-electron chi connectivity index (χ1n) is 8.53. The summed E-state index contributed by atoms with van der Waals surface area (Å²) in [5, 5.41) is 0. The molecule has 0 bridgehead atoms. The molecule has 0 aliphatic heterocycles. The Bertz CT molecular complexity index is 308. The highest BCUT2D eigenvalue weighted by atomic mass is 16.1. The van der Waals surface area contributed by atoms with Crippen molar-refractivity contribution in [1.29, 1.82) is 0 Å². The molecule has 0 aromatic heterocycles. The van der Waals surface area contributed by atoms with Crippen LogP contribution in [0, 0.1) is 11.8 Å². The van der Waals surface area contributed by atoms with Crippen LogP contribution in [0.4, 0.5) is 0 Å². The molecule has 0 unspecified atom stereocenters. The Morgan fingerprint density at radius 1 is 1.05 bits per heavy atom. The fourth-order valence-electron chi connectivity index (χ4n) is 3.82. The Morgan fingerprint density at radius 3 is 2.53 bits per heavy atom. The molecule has 0 amide bonds. The van der Waals surface area contributed by atoms with Gasteiger partial charge in [0, 0.05) is 6.42 Å². The van der Waals surface area contributed by atoms with Crippen LogP contribution in [0.2, 0.25) is 0 Å². The molecule has 1 heteroatoms. The molecule has 19 heavy (non-hydrogen) atoms. The third-order valence-corrected chi connectivity index (χ3v) is 5.07. The van der Waals surface area contributed by atoms with Crippen LogP contribution in [0.25, 0.3) is 0 Å². The molecule has 0 atom stereocenters. The van der Waals surface area contributed by atoms with Gasteiger partial charge < -0.3 is 0 Å². The lowest BCUT2D eigenvalue weighted by Gasteiger charge is -2.31. The summed E-state index contributed by atoms with van der Waals surface area (Å²) in [4.78, 5) is 11.5. The van der Waals surface area contributed by atoms with Gasteiger partial charge in [-0.2, -0.15) is 0 Å². The second-order valence-corrected chi connectivity index (χ2v) is 6.61. The van der Waals surface area contributed by atoms with E-state index >= 15 is 0 Å². The first-order chi connectivity index (χ1) is 9.29. The predicted molar refractivity (Wildman–Crippen MR) is 81.1 cm³/mol. The van der Waals surface area contributed by atoms with Crippen molar-refractivity contribution in [2.45, 2.75) is 84.0 Å². The van der Waals surface area contributed by atoms with Crippen LogP contribution in [-0.4, -0.2) is 5.78 Å². The lowest BCUT2D eigenvalue weighted by Crippen LogP contribution is -2.18. The minimum Gasteiger partial charge on any atom is -0.295 e. The second kappa shape index (κ2) is 7.87. The molecule has 2 aliphatic carbocycles. The van der Waals surface area contributed by atoms with Gasteiger partial charge in [-0.05, 0) is 56.4 Å². The quantitative estimate of drug-likeness (QED) is 0.582. The van der Waals surface area contributed by atoms with E-state index in [-0.39, 0.29) is 0 Å². The molecule has 0 aromatic carbocycles. The van der Waals surface area contributed by atoms with Gasteiger partial charge in [0.05, 0.1) is 0 Å². The number of ketones is 1. The Kier molecular flexibility index (Phi) is 6.13. The first kappa shape index (κ1) is 14.8. The number of rotatable bonds is 6. The summed E-state index contributed by atoms with van der Waals surface area (Å²) in [5.41, 5.74) is 1.49. The molecule has 0 aromatic rings. The van der Waals surface area contributed by atoms with Gasteiger partial charge in [0.15, 0.2) is 5.78 Å². The number of hydrogen-bond donors (Lipinski definition) is 0. The second-order valence-electron chi connectivity index (χ2n) is 6.61. The molecule has 0 spiro atoms. The summed E-state index contributed by atoms with van der Waals surface area (Å²) in [6.45, 7) is 2.28. The fraction of sp³-hybridized carbons (Fsp3) is 0.833. The van der Waals surface area contributed by atoms with E-state index in [1.807, 2.05) is 6.08 Å². The molecule has 0 radical (unpaired) electrons. The standard InChI is InChI=1S/C18H30O/c1-2-3-4-5-7-15-10-12-16(13-11-15)17-8-6-9-18(19)14-17/h14-16H,2-13H2,1H3/t15-,16-. The van der Waals surface area contributed by atoms with Gasteiger partial charge in [-0.3, -0.25) is 4.79 Å². The Labute approximate surface area is 118 Å². The monoisotopic (exact) mass is 262 g/mol. The molecule has 0 N–H and O–H groups in total. The van der Waals surface area contributed by atoms with Crippen LogP contribution in [0.15, 0.2) is 11.6 Å². The van der Waals surface area contributed by atoms with Crippen molar-refractivity contribution in [3.05, 3.63) is 11.6 Å². The van der Waals surface area contributed by atoms with Crippen LogP contribution < -0.4 is 0 Å². The van der Waals surface area contributed by atoms with Crippen LogP contribution in [0.1, 0.15) is 84.0 Å². The van der Waals surface area contributed by atoms with E-state index in [9.17, 15) is 4.79 Å². The van der Waals surface area contributed by atoms with Crippen molar-refractivity contribution >= 4 is 5.78 Å². The molecule has 2 rings (SSSR count). The fourth-order valence-corrected chi connectivity index (χ4v) is 3.82. The average molecular weight is 262 g/mol. The van der Waals surface area contributed by atoms with Gasteiger partial charge in [-0.1, -0.05) is 44.6 Å². The average Bonchev–Trinajstić information content (AvgIpc) is 2.44. The van der Waals surface area contributed by atoms with Gasteiger partial charge in [0.1, 0.15) is 0 Å². The van der Waals surface area contributed by atoms with Gasteiger partial charge in [0.25, 0.3) is 0 Å². The van der Waals surface area contributed by atoms with Gasteiger partial charge in [0.2, 0.25) is 0 Å². The number of carbonyl (C=O) groups excluding carboxylic acids is 1. The zero-order valence-corrected chi connectivity index (χ0v) is 12.6. The maximum absolute atomic E-state index is 11.5. The number of allylic oxidation sites excluding steroid dienone is 2. The molecule has 0 saturated heterocycles. The molecule has 2 aliphatic rings. The van der Waals surface area contributed by atoms with E-state index in [4.69, 9.17) is 0 Å². The van der Waals surface area contributed by atoms with Crippen molar-refractivity contribution < 1.29 is 4.79 Å². The molecule has 108 valence electrons. The normalized spacial score (nSPS) is 28.3. The lowest BCUT2D eigenvalue weighted by molar-refractivity contribution is -0.115. The zero-order chi connectivity index (χ0) is 13.5. The third kappa shape index (κ3) is 4.78. The van der Waals surface area contributed by atoms with Gasteiger partial charge in [-0.15, -0.1) is 0 Å². The minimum atomic E-state index is 0.378. The molecular formula is C18H30O. The third-order valence-electron chi connectivity index (χ3n) is 5.07. The maximum Gasteiger partial charge on any atom is 0.155 e. The van der Waals surface area contributed by atoms with E-state index < -0.39 is 0 Å². The van der Waals surface area contributed by atoms with Gasteiger partial charge in [-0.25, -0.2) is 0 Å². The number of unbranched alkanes of at least 4 members (excludes halogenated alkanes) is 3. The number of carbonyl (C=O) groups is 1.